The summed E-state index contributed by atoms with van der Waals surface area (Å²) in [5, 5.41) is 9.56. The van der Waals surface area contributed by atoms with Crippen molar-refractivity contribution in [2.45, 2.75) is 38.2 Å². The van der Waals surface area contributed by atoms with Crippen LogP contribution in [0.3, 0.4) is 0 Å². The summed E-state index contributed by atoms with van der Waals surface area (Å²) >= 11 is 0. The van der Waals surface area contributed by atoms with Crippen LogP contribution in [-0.4, -0.2) is 22.3 Å². The van der Waals surface area contributed by atoms with Gasteiger partial charge in [-0.3, -0.25) is 9.59 Å². The fourth-order valence-electron chi connectivity index (χ4n) is 1.29. The highest BCUT2D eigenvalue weighted by Crippen LogP contribution is 2.26. The molecule has 1 aliphatic rings. The first-order valence-corrected chi connectivity index (χ1v) is 3.80. The maximum atomic E-state index is 10.9. The first-order chi connectivity index (χ1) is 5.04. The van der Waals surface area contributed by atoms with Crippen LogP contribution in [0.25, 0.3) is 0 Å². The number of rotatable bonds is 1. The van der Waals surface area contributed by atoms with E-state index in [-0.39, 0.29) is 11.6 Å². The van der Waals surface area contributed by atoms with Gasteiger partial charge in [-0.25, -0.2) is 0 Å². The molecule has 0 aliphatic heterocycles. The van der Waals surface area contributed by atoms with Crippen molar-refractivity contribution in [3.05, 3.63) is 0 Å². The van der Waals surface area contributed by atoms with Gasteiger partial charge in [-0.15, -0.1) is 0 Å². The lowest BCUT2D eigenvalue weighted by molar-refractivity contribution is -0.141. The molecule has 0 radical (unpaired) electrons. The number of hydrogen-bond acceptors (Lipinski definition) is 3. The quantitative estimate of drug-likeness (QED) is 0.599. The third-order valence-corrected chi connectivity index (χ3v) is 2.29. The Morgan fingerprint density at radius 3 is 2.27 bits per heavy atom. The van der Waals surface area contributed by atoms with E-state index in [1.165, 1.54) is 6.92 Å². The Balaban J connectivity index is 2.62. The highest BCUT2D eigenvalue weighted by atomic mass is 16.3. The molecule has 0 amide bonds. The highest BCUT2D eigenvalue weighted by molar-refractivity contribution is 5.88. The summed E-state index contributed by atoms with van der Waals surface area (Å²) in [7, 11) is 0. The van der Waals surface area contributed by atoms with Gasteiger partial charge in [0.05, 0.1) is 0 Å². The van der Waals surface area contributed by atoms with Crippen molar-refractivity contribution < 1.29 is 14.7 Å². The molecule has 0 bridgehead atoms. The molecule has 0 atom stereocenters. The molecule has 0 spiro atoms. The summed E-state index contributed by atoms with van der Waals surface area (Å²) < 4.78 is 0. The molecule has 0 saturated heterocycles. The van der Waals surface area contributed by atoms with Crippen LogP contribution >= 0.6 is 0 Å². The molecule has 3 heteroatoms. The number of aliphatic hydroxyl groups is 1. The fraction of sp³-hybridized carbons (Fsp3) is 0.750. The normalized spacial score (nSPS) is 23.3. The van der Waals surface area contributed by atoms with E-state index in [4.69, 9.17) is 0 Å². The predicted molar refractivity (Wildman–Crippen MR) is 39.1 cm³/mol. The number of carbonyl (C=O) groups is 2. The lowest BCUT2D eigenvalue weighted by atomic mass is 9.82. The molecule has 1 fully saturated rings. The Morgan fingerprint density at radius 2 is 1.91 bits per heavy atom. The SMILES string of the molecule is CC(=O)C1(O)CCC(=O)CC1. The molecule has 0 aromatic heterocycles. The minimum absolute atomic E-state index is 0.149. The van der Waals surface area contributed by atoms with Gasteiger partial charge in [0.15, 0.2) is 5.78 Å². The van der Waals surface area contributed by atoms with Crippen molar-refractivity contribution in [2.24, 2.45) is 0 Å². The molecule has 0 heterocycles. The average molecular weight is 156 g/mol. The Labute approximate surface area is 65.4 Å². The van der Waals surface area contributed by atoms with E-state index in [2.05, 4.69) is 0 Å². The third kappa shape index (κ3) is 1.66. The van der Waals surface area contributed by atoms with Crippen molar-refractivity contribution in [1.82, 2.24) is 0 Å². The van der Waals surface area contributed by atoms with Crippen molar-refractivity contribution >= 4 is 11.6 Å². The summed E-state index contributed by atoms with van der Waals surface area (Å²) in [5.74, 6) is -0.0686. The monoisotopic (exact) mass is 156 g/mol. The molecule has 1 rings (SSSR count). The zero-order valence-electron chi connectivity index (χ0n) is 6.59. The molecule has 0 aromatic rings. The van der Waals surface area contributed by atoms with Gasteiger partial charge in [0.25, 0.3) is 0 Å². The molecule has 0 aromatic carbocycles. The summed E-state index contributed by atoms with van der Waals surface area (Å²) in [6.07, 6.45) is 1.30. The average Bonchev–Trinajstić information content (AvgIpc) is 1.95. The molecule has 0 unspecified atom stereocenters. The third-order valence-electron chi connectivity index (χ3n) is 2.29. The Bertz CT molecular complexity index is 186. The number of ketones is 2. The van der Waals surface area contributed by atoms with Crippen LogP contribution in [-0.2, 0) is 9.59 Å². The lowest BCUT2D eigenvalue weighted by Gasteiger charge is -2.28. The van der Waals surface area contributed by atoms with Gasteiger partial charge in [-0.2, -0.15) is 0 Å². The number of Topliss-reactive ketones (excluding diaryl/α,β-unsaturated/α-hetero) is 2. The molecular formula is C8H12O3. The van der Waals surface area contributed by atoms with Gasteiger partial charge in [0.1, 0.15) is 11.4 Å². The Kier molecular flexibility index (Phi) is 2.09. The Hall–Kier alpha value is -0.700. The van der Waals surface area contributed by atoms with Gasteiger partial charge in [-0.05, 0) is 19.8 Å². The van der Waals surface area contributed by atoms with E-state index < -0.39 is 5.60 Å². The van der Waals surface area contributed by atoms with Crippen molar-refractivity contribution in [2.75, 3.05) is 0 Å². The van der Waals surface area contributed by atoms with Gasteiger partial charge in [-0.1, -0.05) is 0 Å². The summed E-state index contributed by atoms with van der Waals surface area (Å²) in [5.41, 5.74) is -1.20. The fourth-order valence-corrected chi connectivity index (χ4v) is 1.29. The van der Waals surface area contributed by atoms with E-state index in [0.29, 0.717) is 25.7 Å². The van der Waals surface area contributed by atoms with Gasteiger partial charge in [0.2, 0.25) is 0 Å². The van der Waals surface area contributed by atoms with E-state index in [1.54, 1.807) is 0 Å². The van der Waals surface area contributed by atoms with E-state index >= 15 is 0 Å². The number of carbonyl (C=O) groups excluding carboxylic acids is 2. The standard InChI is InChI=1S/C8H12O3/c1-6(9)8(11)4-2-7(10)3-5-8/h11H,2-5H2,1H3. The first kappa shape index (κ1) is 8.40. The summed E-state index contributed by atoms with van der Waals surface area (Å²) in [4.78, 5) is 21.6. The van der Waals surface area contributed by atoms with Gasteiger partial charge in [0, 0.05) is 12.8 Å². The van der Waals surface area contributed by atoms with Crippen LogP contribution in [0.2, 0.25) is 0 Å². The minimum Gasteiger partial charge on any atom is -0.382 e. The highest BCUT2D eigenvalue weighted by Gasteiger charge is 2.36. The summed E-state index contributed by atoms with van der Waals surface area (Å²) in [6, 6.07) is 0. The van der Waals surface area contributed by atoms with Crippen LogP contribution < -0.4 is 0 Å². The minimum atomic E-state index is -1.20. The Morgan fingerprint density at radius 1 is 1.45 bits per heavy atom. The molecule has 1 N–H and O–H groups in total. The van der Waals surface area contributed by atoms with E-state index in [9.17, 15) is 14.7 Å². The molecule has 1 aliphatic carbocycles. The second kappa shape index (κ2) is 2.74. The van der Waals surface area contributed by atoms with Gasteiger partial charge >= 0.3 is 0 Å². The van der Waals surface area contributed by atoms with Crippen LogP contribution in [0.1, 0.15) is 32.6 Å². The number of hydrogen-bond donors (Lipinski definition) is 1. The second-order valence-corrected chi connectivity index (χ2v) is 3.13. The summed E-state index contributed by atoms with van der Waals surface area (Å²) in [6.45, 7) is 1.37. The van der Waals surface area contributed by atoms with Crippen molar-refractivity contribution in [3.8, 4) is 0 Å². The van der Waals surface area contributed by atoms with Crippen LogP contribution in [0, 0.1) is 0 Å². The molecule has 11 heavy (non-hydrogen) atoms. The van der Waals surface area contributed by atoms with Crippen molar-refractivity contribution in [1.29, 1.82) is 0 Å². The molecule has 62 valence electrons. The molecule has 1 saturated carbocycles. The second-order valence-electron chi connectivity index (χ2n) is 3.13. The zero-order valence-corrected chi connectivity index (χ0v) is 6.59. The smallest absolute Gasteiger partial charge is 0.161 e. The van der Waals surface area contributed by atoms with Crippen LogP contribution in [0.15, 0.2) is 0 Å². The van der Waals surface area contributed by atoms with E-state index in [1.807, 2.05) is 0 Å². The van der Waals surface area contributed by atoms with Crippen LogP contribution in [0.4, 0.5) is 0 Å². The lowest BCUT2D eigenvalue weighted by Crippen LogP contribution is -2.40. The topological polar surface area (TPSA) is 54.4 Å². The van der Waals surface area contributed by atoms with Crippen LogP contribution in [0.5, 0.6) is 0 Å². The maximum Gasteiger partial charge on any atom is 0.161 e. The van der Waals surface area contributed by atoms with Crippen molar-refractivity contribution in [3.63, 3.8) is 0 Å². The molecule has 3 nitrogen and oxygen atoms in total. The van der Waals surface area contributed by atoms with Gasteiger partial charge < -0.3 is 5.11 Å². The first-order valence-electron chi connectivity index (χ1n) is 3.80. The predicted octanol–water partition coefficient (Wildman–Crippen LogP) is 0.450. The maximum absolute atomic E-state index is 10.9. The molecular weight excluding hydrogens is 144 g/mol. The largest absolute Gasteiger partial charge is 0.382 e. The zero-order chi connectivity index (χ0) is 8.48. The van der Waals surface area contributed by atoms with E-state index in [0.717, 1.165) is 0 Å².